The van der Waals surface area contributed by atoms with Gasteiger partial charge in [-0.25, -0.2) is 9.97 Å². The van der Waals surface area contributed by atoms with E-state index in [1.54, 1.807) is 18.6 Å². The van der Waals surface area contributed by atoms with Gasteiger partial charge in [-0.15, -0.1) is 0 Å². The molecule has 2 heterocycles. The quantitative estimate of drug-likeness (QED) is 0.713. The molecule has 0 aliphatic heterocycles. The van der Waals surface area contributed by atoms with E-state index in [2.05, 4.69) is 16.0 Å². The fourth-order valence-electron chi connectivity index (χ4n) is 2.19. The molecule has 1 aromatic carbocycles. The smallest absolute Gasteiger partial charge is 0.134 e. The first-order valence-corrected chi connectivity index (χ1v) is 6.20. The molecule has 3 rings (SSSR count). The molecule has 0 bridgehead atoms. The number of para-hydroxylation sites is 1. The Bertz CT molecular complexity index is 812. The second kappa shape index (κ2) is 4.67. The number of rotatable bonds is 2. The zero-order valence-corrected chi connectivity index (χ0v) is 11.3. The van der Waals surface area contributed by atoms with Gasteiger partial charge in [0.25, 0.3) is 0 Å². The standard InChI is InChI=1S/C15H13N5/c1-19-10-18-12-9-17-15(7-14(12)19)20(2)13-6-4-3-5-11(13)8-16/h3-7,9-10H,1-2H3. The summed E-state index contributed by atoms with van der Waals surface area (Å²) in [4.78, 5) is 10.6. The number of aromatic nitrogens is 3. The Hall–Kier alpha value is -2.87. The first-order chi connectivity index (χ1) is 9.70. The average molecular weight is 263 g/mol. The molecule has 0 aliphatic carbocycles. The van der Waals surface area contributed by atoms with Crippen LogP contribution in [-0.2, 0) is 7.05 Å². The summed E-state index contributed by atoms with van der Waals surface area (Å²) in [5.41, 5.74) is 3.33. The van der Waals surface area contributed by atoms with Crippen molar-refractivity contribution in [1.82, 2.24) is 14.5 Å². The van der Waals surface area contributed by atoms with E-state index in [9.17, 15) is 5.26 Å². The van der Waals surface area contributed by atoms with Crippen LogP contribution in [0.25, 0.3) is 11.0 Å². The summed E-state index contributed by atoms with van der Waals surface area (Å²) in [6.45, 7) is 0. The zero-order valence-electron chi connectivity index (χ0n) is 11.3. The van der Waals surface area contributed by atoms with Gasteiger partial charge in [0.2, 0.25) is 0 Å². The number of nitriles is 1. The monoisotopic (exact) mass is 263 g/mol. The molecule has 20 heavy (non-hydrogen) atoms. The van der Waals surface area contributed by atoms with Gasteiger partial charge in [0, 0.05) is 20.2 Å². The Labute approximate surface area is 116 Å². The molecule has 0 spiro atoms. The predicted molar refractivity (Wildman–Crippen MR) is 77.7 cm³/mol. The van der Waals surface area contributed by atoms with Crippen molar-refractivity contribution in [3.63, 3.8) is 0 Å². The van der Waals surface area contributed by atoms with Gasteiger partial charge in [0.05, 0.1) is 29.3 Å². The number of nitrogens with zero attached hydrogens (tertiary/aromatic N) is 5. The lowest BCUT2D eigenvalue weighted by Gasteiger charge is -2.19. The molecular weight excluding hydrogens is 250 g/mol. The van der Waals surface area contributed by atoms with Gasteiger partial charge in [-0.05, 0) is 12.1 Å². The maximum Gasteiger partial charge on any atom is 0.134 e. The average Bonchev–Trinajstić information content (AvgIpc) is 2.87. The van der Waals surface area contributed by atoms with Crippen molar-refractivity contribution in [3.05, 3.63) is 48.4 Å². The fraction of sp³-hybridized carbons (Fsp3) is 0.133. The molecule has 0 atom stereocenters. The van der Waals surface area contributed by atoms with E-state index in [0.717, 1.165) is 22.5 Å². The van der Waals surface area contributed by atoms with Crippen molar-refractivity contribution >= 4 is 22.5 Å². The van der Waals surface area contributed by atoms with E-state index in [1.807, 2.05) is 47.8 Å². The Morgan fingerprint density at radius 1 is 1.25 bits per heavy atom. The third-order valence-electron chi connectivity index (χ3n) is 3.33. The normalized spacial score (nSPS) is 10.4. The molecule has 0 radical (unpaired) electrons. The van der Waals surface area contributed by atoms with E-state index in [0.29, 0.717) is 5.56 Å². The topological polar surface area (TPSA) is 57.7 Å². The minimum absolute atomic E-state index is 0.627. The first-order valence-electron chi connectivity index (χ1n) is 6.20. The molecule has 0 unspecified atom stereocenters. The summed E-state index contributed by atoms with van der Waals surface area (Å²) < 4.78 is 1.95. The van der Waals surface area contributed by atoms with Crippen molar-refractivity contribution in [2.24, 2.45) is 7.05 Å². The second-order valence-electron chi connectivity index (χ2n) is 4.57. The van der Waals surface area contributed by atoms with Gasteiger partial charge in [-0.1, -0.05) is 12.1 Å². The molecule has 5 nitrogen and oxygen atoms in total. The van der Waals surface area contributed by atoms with Crippen molar-refractivity contribution in [2.75, 3.05) is 11.9 Å². The van der Waals surface area contributed by atoms with Gasteiger partial charge in [-0.2, -0.15) is 5.26 Å². The number of hydrogen-bond donors (Lipinski definition) is 0. The number of hydrogen-bond acceptors (Lipinski definition) is 4. The lowest BCUT2D eigenvalue weighted by atomic mass is 10.2. The van der Waals surface area contributed by atoms with Gasteiger partial charge in [-0.3, -0.25) is 0 Å². The summed E-state index contributed by atoms with van der Waals surface area (Å²) in [7, 11) is 3.85. The van der Waals surface area contributed by atoms with Crippen molar-refractivity contribution in [3.8, 4) is 6.07 Å². The number of benzene rings is 1. The lowest BCUT2D eigenvalue weighted by Crippen LogP contribution is -2.12. The van der Waals surface area contributed by atoms with E-state index >= 15 is 0 Å². The Morgan fingerprint density at radius 2 is 2.05 bits per heavy atom. The van der Waals surface area contributed by atoms with E-state index in [4.69, 9.17) is 0 Å². The molecule has 2 aromatic heterocycles. The van der Waals surface area contributed by atoms with Crippen LogP contribution in [0.15, 0.2) is 42.9 Å². The SMILES string of the molecule is CN(c1cc2c(cn1)ncn2C)c1ccccc1C#N. The molecule has 0 N–H and O–H groups in total. The lowest BCUT2D eigenvalue weighted by molar-refractivity contribution is 0.946. The van der Waals surface area contributed by atoms with Crippen LogP contribution in [0.5, 0.6) is 0 Å². The minimum atomic E-state index is 0.627. The minimum Gasteiger partial charge on any atom is -0.334 e. The van der Waals surface area contributed by atoms with Crippen LogP contribution in [-0.4, -0.2) is 21.6 Å². The zero-order chi connectivity index (χ0) is 14.1. The van der Waals surface area contributed by atoms with Crippen molar-refractivity contribution in [2.45, 2.75) is 0 Å². The molecule has 0 fully saturated rings. The summed E-state index contributed by atoms with van der Waals surface area (Å²) in [5.74, 6) is 0.781. The predicted octanol–water partition coefficient (Wildman–Crippen LogP) is 2.61. The maximum absolute atomic E-state index is 9.19. The Balaban J connectivity index is 2.10. The van der Waals surface area contributed by atoms with E-state index < -0.39 is 0 Å². The third-order valence-corrected chi connectivity index (χ3v) is 3.33. The molecule has 98 valence electrons. The molecule has 5 heteroatoms. The molecule has 0 saturated heterocycles. The van der Waals surface area contributed by atoms with Gasteiger partial charge < -0.3 is 9.47 Å². The number of anilines is 2. The highest BCUT2D eigenvalue weighted by Gasteiger charge is 2.11. The third kappa shape index (κ3) is 1.88. The van der Waals surface area contributed by atoms with Crippen molar-refractivity contribution in [1.29, 1.82) is 5.26 Å². The number of fused-ring (bicyclic) bond motifs is 1. The van der Waals surface area contributed by atoms with Crippen LogP contribution in [0.2, 0.25) is 0 Å². The van der Waals surface area contributed by atoms with Gasteiger partial charge in [0.1, 0.15) is 17.4 Å². The maximum atomic E-state index is 9.19. The van der Waals surface area contributed by atoms with Crippen LogP contribution in [0.1, 0.15) is 5.56 Å². The molecule has 0 amide bonds. The number of pyridine rings is 1. The fourth-order valence-corrected chi connectivity index (χ4v) is 2.19. The van der Waals surface area contributed by atoms with Crippen LogP contribution < -0.4 is 4.90 Å². The summed E-state index contributed by atoms with van der Waals surface area (Å²) >= 11 is 0. The molecule has 3 aromatic rings. The summed E-state index contributed by atoms with van der Waals surface area (Å²) in [5, 5.41) is 9.19. The highest BCUT2D eigenvalue weighted by atomic mass is 15.2. The van der Waals surface area contributed by atoms with Crippen LogP contribution >= 0.6 is 0 Å². The van der Waals surface area contributed by atoms with Crippen LogP contribution in [0, 0.1) is 11.3 Å². The second-order valence-corrected chi connectivity index (χ2v) is 4.57. The van der Waals surface area contributed by atoms with Gasteiger partial charge >= 0.3 is 0 Å². The molecular formula is C15H13N5. The Kier molecular flexibility index (Phi) is 2.84. The molecule has 0 aliphatic rings. The molecule has 0 saturated carbocycles. The Morgan fingerprint density at radius 3 is 2.85 bits per heavy atom. The van der Waals surface area contributed by atoms with E-state index in [1.165, 1.54) is 0 Å². The highest BCUT2D eigenvalue weighted by molar-refractivity contribution is 5.79. The van der Waals surface area contributed by atoms with Crippen LogP contribution in [0.4, 0.5) is 11.5 Å². The highest BCUT2D eigenvalue weighted by Crippen LogP contribution is 2.26. The first kappa shape index (κ1) is 12.2. The summed E-state index contributed by atoms with van der Waals surface area (Å²) in [6.07, 6.45) is 3.51. The number of imidazole rings is 1. The van der Waals surface area contributed by atoms with E-state index in [-0.39, 0.29) is 0 Å². The largest absolute Gasteiger partial charge is 0.334 e. The van der Waals surface area contributed by atoms with Crippen molar-refractivity contribution < 1.29 is 0 Å². The summed E-state index contributed by atoms with van der Waals surface area (Å²) in [6, 6.07) is 11.6. The van der Waals surface area contributed by atoms with Crippen LogP contribution in [0.3, 0.4) is 0 Å². The van der Waals surface area contributed by atoms with Gasteiger partial charge in [0.15, 0.2) is 0 Å². The number of aryl methyl sites for hydroxylation is 1.